The molecule has 0 spiro atoms. The fourth-order valence-electron chi connectivity index (χ4n) is 3.03. The molecule has 1 fully saturated rings. The van der Waals surface area contributed by atoms with Gasteiger partial charge in [-0.1, -0.05) is 26.0 Å². The van der Waals surface area contributed by atoms with E-state index >= 15 is 0 Å². The lowest BCUT2D eigenvalue weighted by molar-refractivity contribution is -0.122. The summed E-state index contributed by atoms with van der Waals surface area (Å²) in [6.07, 6.45) is 1.10. The van der Waals surface area contributed by atoms with Gasteiger partial charge in [0.15, 0.2) is 11.5 Å². The minimum absolute atomic E-state index is 0.0797. The Bertz CT molecular complexity index is 514. The van der Waals surface area contributed by atoms with Crippen molar-refractivity contribution in [3.8, 4) is 11.5 Å². The highest BCUT2D eigenvalue weighted by Crippen LogP contribution is 2.57. The van der Waals surface area contributed by atoms with Crippen LogP contribution in [-0.4, -0.2) is 12.7 Å². The Morgan fingerprint density at radius 3 is 2.89 bits per heavy atom. The first-order valence-electron chi connectivity index (χ1n) is 6.77. The first-order chi connectivity index (χ1) is 9.09. The maximum absolute atomic E-state index is 11.3. The van der Waals surface area contributed by atoms with Crippen molar-refractivity contribution in [1.82, 2.24) is 0 Å². The van der Waals surface area contributed by atoms with E-state index in [2.05, 4.69) is 13.0 Å². The van der Waals surface area contributed by atoms with Gasteiger partial charge in [-0.2, -0.15) is 0 Å². The van der Waals surface area contributed by atoms with Gasteiger partial charge >= 0.3 is 0 Å². The van der Waals surface area contributed by atoms with E-state index in [0.29, 0.717) is 24.5 Å². The molecule has 102 valence electrons. The van der Waals surface area contributed by atoms with E-state index in [4.69, 9.17) is 15.2 Å². The van der Waals surface area contributed by atoms with Gasteiger partial charge in [-0.25, -0.2) is 0 Å². The largest absolute Gasteiger partial charge is 0.454 e. The Morgan fingerprint density at radius 1 is 1.37 bits per heavy atom. The topological polar surface area (TPSA) is 61.6 Å². The fourth-order valence-corrected chi connectivity index (χ4v) is 3.03. The van der Waals surface area contributed by atoms with Crippen LogP contribution in [0.5, 0.6) is 11.5 Å². The van der Waals surface area contributed by atoms with Crippen LogP contribution < -0.4 is 15.2 Å². The van der Waals surface area contributed by atoms with Crippen LogP contribution in [-0.2, 0) is 4.79 Å². The molecule has 0 saturated heterocycles. The van der Waals surface area contributed by atoms with Gasteiger partial charge in [0, 0.05) is 11.5 Å². The zero-order valence-electron chi connectivity index (χ0n) is 11.3. The maximum Gasteiger partial charge on any atom is 0.231 e. The molecule has 4 unspecified atom stereocenters. The van der Waals surface area contributed by atoms with Crippen molar-refractivity contribution >= 4 is 5.91 Å². The maximum atomic E-state index is 11.3. The minimum atomic E-state index is -0.212. The fraction of sp³-hybridized carbons (Fsp3) is 0.533. The number of para-hydroxylation sites is 1. The summed E-state index contributed by atoms with van der Waals surface area (Å²) in [7, 11) is 0. The first kappa shape index (κ1) is 12.3. The lowest BCUT2D eigenvalue weighted by Gasteiger charge is -2.17. The molecular formula is C15H19NO3. The Balaban J connectivity index is 1.77. The summed E-state index contributed by atoms with van der Waals surface area (Å²) in [6, 6.07) is 6.03. The highest BCUT2D eigenvalue weighted by molar-refractivity contribution is 5.76. The van der Waals surface area contributed by atoms with Crippen LogP contribution in [0.2, 0.25) is 0 Å². The van der Waals surface area contributed by atoms with Gasteiger partial charge in [0.05, 0.1) is 0 Å². The molecule has 1 aliphatic heterocycles. The van der Waals surface area contributed by atoms with Gasteiger partial charge in [0.1, 0.15) is 0 Å². The molecule has 3 rings (SSSR count). The Kier molecular flexibility index (Phi) is 2.88. The molecule has 1 aliphatic carbocycles. The normalized spacial score (nSPS) is 26.8. The van der Waals surface area contributed by atoms with Crippen LogP contribution in [0.3, 0.4) is 0 Å². The second-order valence-corrected chi connectivity index (χ2v) is 5.64. The summed E-state index contributed by atoms with van der Waals surface area (Å²) in [6.45, 7) is 4.33. The van der Waals surface area contributed by atoms with Crippen molar-refractivity contribution in [3.05, 3.63) is 23.8 Å². The molecule has 1 aromatic rings. The average Bonchev–Trinajstić information content (AvgIpc) is 3.04. The van der Waals surface area contributed by atoms with Crippen LogP contribution >= 0.6 is 0 Å². The number of carbonyl (C=O) groups is 1. The molecule has 19 heavy (non-hydrogen) atoms. The molecule has 1 heterocycles. The number of rotatable bonds is 4. The summed E-state index contributed by atoms with van der Waals surface area (Å²) in [5.74, 6) is 2.71. The van der Waals surface area contributed by atoms with Gasteiger partial charge in [-0.05, 0) is 30.2 Å². The van der Waals surface area contributed by atoms with E-state index in [1.807, 2.05) is 19.1 Å². The van der Waals surface area contributed by atoms with E-state index in [1.165, 1.54) is 5.56 Å². The molecule has 1 saturated carbocycles. The smallest absolute Gasteiger partial charge is 0.231 e. The van der Waals surface area contributed by atoms with Crippen LogP contribution in [0, 0.1) is 17.8 Å². The van der Waals surface area contributed by atoms with Crippen LogP contribution in [0.15, 0.2) is 18.2 Å². The molecule has 0 aromatic heterocycles. The third kappa shape index (κ3) is 2.05. The molecule has 4 atom stereocenters. The van der Waals surface area contributed by atoms with Gasteiger partial charge in [-0.15, -0.1) is 0 Å². The lowest BCUT2D eigenvalue weighted by atomic mass is 9.89. The van der Waals surface area contributed by atoms with E-state index < -0.39 is 0 Å². The van der Waals surface area contributed by atoms with E-state index in [-0.39, 0.29) is 11.8 Å². The summed E-state index contributed by atoms with van der Waals surface area (Å²) in [5, 5.41) is 0. The summed E-state index contributed by atoms with van der Waals surface area (Å²) < 4.78 is 11.0. The minimum Gasteiger partial charge on any atom is -0.454 e. The number of ether oxygens (including phenoxy) is 2. The average molecular weight is 261 g/mol. The number of hydrogen-bond acceptors (Lipinski definition) is 3. The Labute approximate surface area is 112 Å². The van der Waals surface area contributed by atoms with Crippen molar-refractivity contribution in [2.24, 2.45) is 23.5 Å². The van der Waals surface area contributed by atoms with Crippen molar-refractivity contribution in [3.63, 3.8) is 0 Å². The van der Waals surface area contributed by atoms with Crippen molar-refractivity contribution in [2.45, 2.75) is 26.2 Å². The van der Waals surface area contributed by atoms with Crippen LogP contribution in [0.1, 0.15) is 31.7 Å². The predicted octanol–water partition coefficient (Wildman–Crippen LogP) is 2.28. The second kappa shape index (κ2) is 4.44. The Morgan fingerprint density at radius 2 is 2.16 bits per heavy atom. The second-order valence-electron chi connectivity index (χ2n) is 5.64. The van der Waals surface area contributed by atoms with Crippen LogP contribution in [0.25, 0.3) is 0 Å². The highest BCUT2D eigenvalue weighted by atomic mass is 16.7. The number of amides is 1. The quantitative estimate of drug-likeness (QED) is 0.904. The van der Waals surface area contributed by atoms with E-state index in [0.717, 1.165) is 17.9 Å². The molecule has 2 aliphatic rings. The molecule has 4 nitrogen and oxygen atoms in total. The molecular weight excluding hydrogens is 242 g/mol. The molecule has 0 bridgehead atoms. The third-order valence-electron chi connectivity index (χ3n) is 4.58. The zero-order valence-corrected chi connectivity index (χ0v) is 11.3. The Hall–Kier alpha value is -1.71. The van der Waals surface area contributed by atoms with E-state index in [1.54, 1.807) is 0 Å². The molecule has 1 aromatic carbocycles. The van der Waals surface area contributed by atoms with Gasteiger partial charge in [0.25, 0.3) is 0 Å². The highest BCUT2D eigenvalue weighted by Gasteiger charge is 2.46. The standard InChI is InChI=1S/C15H19NO3/c1-8(9(2)15(16)17)11-6-12(11)10-4-3-5-13-14(10)19-7-18-13/h3-5,8-9,11-12H,6-7H2,1-2H3,(H2,16,17). The molecule has 4 heteroatoms. The number of benzene rings is 1. The van der Waals surface area contributed by atoms with E-state index in [9.17, 15) is 4.79 Å². The SMILES string of the molecule is CC(C(N)=O)C(C)C1CC1c1cccc2c1OCO2. The number of primary amides is 1. The summed E-state index contributed by atoms with van der Waals surface area (Å²) in [5.41, 5.74) is 6.60. The lowest BCUT2D eigenvalue weighted by Crippen LogP contribution is -2.27. The van der Waals surface area contributed by atoms with Crippen molar-refractivity contribution in [2.75, 3.05) is 6.79 Å². The number of nitrogens with two attached hydrogens (primary N) is 1. The molecule has 2 N–H and O–H groups in total. The van der Waals surface area contributed by atoms with Crippen molar-refractivity contribution in [1.29, 1.82) is 0 Å². The van der Waals surface area contributed by atoms with Gasteiger partial charge in [0.2, 0.25) is 12.7 Å². The summed E-state index contributed by atoms with van der Waals surface area (Å²) in [4.78, 5) is 11.3. The van der Waals surface area contributed by atoms with Crippen LogP contribution in [0.4, 0.5) is 0 Å². The third-order valence-corrected chi connectivity index (χ3v) is 4.58. The molecule has 1 amide bonds. The van der Waals surface area contributed by atoms with Crippen molar-refractivity contribution < 1.29 is 14.3 Å². The number of fused-ring (bicyclic) bond motifs is 1. The number of hydrogen-bond donors (Lipinski definition) is 1. The summed E-state index contributed by atoms with van der Waals surface area (Å²) >= 11 is 0. The number of carbonyl (C=O) groups excluding carboxylic acids is 1. The predicted molar refractivity (Wildman–Crippen MR) is 70.9 cm³/mol. The van der Waals surface area contributed by atoms with Gasteiger partial charge < -0.3 is 15.2 Å². The zero-order chi connectivity index (χ0) is 13.6. The molecule has 0 radical (unpaired) electrons. The first-order valence-corrected chi connectivity index (χ1v) is 6.77. The van der Waals surface area contributed by atoms with Gasteiger partial charge in [-0.3, -0.25) is 4.79 Å². The monoisotopic (exact) mass is 261 g/mol.